The molecule has 0 fully saturated rings. The minimum Gasteiger partial charge on any atom is -0.460 e. The number of sulfonamides is 1. The molecule has 1 heterocycles. The lowest BCUT2D eigenvalue weighted by atomic mass is 9.90. The number of methoxy groups -OCH3 is 1. The fraction of sp³-hybridized carbons (Fsp3) is 0.467. The van der Waals surface area contributed by atoms with Gasteiger partial charge >= 0.3 is 5.97 Å². The number of nitrogens with one attached hydrogen (secondary N) is 2. The number of rotatable bonds is 5. The van der Waals surface area contributed by atoms with Gasteiger partial charge in [-0.15, -0.1) is 0 Å². The molecule has 2 bridgehead atoms. The quantitative estimate of drug-likeness (QED) is 0.242. The van der Waals surface area contributed by atoms with Gasteiger partial charge in [0, 0.05) is 31.1 Å². The Morgan fingerprint density at radius 1 is 1.14 bits per heavy atom. The third-order valence-electron chi connectivity index (χ3n) is 6.71. The molecule has 0 saturated carbocycles. The van der Waals surface area contributed by atoms with Crippen LogP contribution in [0.2, 0.25) is 0 Å². The lowest BCUT2D eigenvalue weighted by molar-refractivity contribution is -0.154. The smallest absolute Gasteiger partial charge is 0.324 e. The van der Waals surface area contributed by atoms with Crippen LogP contribution in [0.3, 0.4) is 0 Å². The SMILES string of the molecule is COC1/C=C/C=C/C=C/CC(OC(=O)C(C)NS(C)(=O)=O)C(C)C(O)/C(C)=C\CCC2=CC(=O)C=C(NC(=O)C1)C2=O. The Bertz CT molecular complexity index is 1320. The van der Waals surface area contributed by atoms with Gasteiger partial charge in [-0.2, -0.15) is 0 Å². The second-order valence-electron chi connectivity index (χ2n) is 10.3. The van der Waals surface area contributed by atoms with Crippen LogP contribution in [-0.2, 0) is 38.7 Å². The van der Waals surface area contributed by atoms with Crippen molar-refractivity contribution in [3.8, 4) is 0 Å². The molecule has 2 aliphatic rings. The molecule has 0 aromatic rings. The van der Waals surface area contributed by atoms with Crippen molar-refractivity contribution in [1.29, 1.82) is 0 Å². The average Bonchev–Trinajstić information content (AvgIpc) is 2.90. The van der Waals surface area contributed by atoms with Gasteiger partial charge in [-0.1, -0.05) is 49.5 Å². The zero-order valence-corrected chi connectivity index (χ0v) is 25.3. The molecule has 230 valence electrons. The third kappa shape index (κ3) is 11.4. The van der Waals surface area contributed by atoms with Gasteiger partial charge in [0.2, 0.25) is 21.7 Å². The van der Waals surface area contributed by atoms with Gasteiger partial charge < -0.3 is 19.9 Å². The van der Waals surface area contributed by atoms with E-state index >= 15 is 0 Å². The van der Waals surface area contributed by atoms with Gasteiger partial charge in [-0.05, 0) is 38.3 Å². The summed E-state index contributed by atoms with van der Waals surface area (Å²) in [4.78, 5) is 50.4. The molecule has 0 aromatic heterocycles. The van der Waals surface area contributed by atoms with Crippen molar-refractivity contribution in [1.82, 2.24) is 10.0 Å². The molecule has 11 nitrogen and oxygen atoms in total. The van der Waals surface area contributed by atoms with E-state index in [1.165, 1.54) is 20.1 Å². The Balaban J connectivity index is 2.35. The van der Waals surface area contributed by atoms with Crippen molar-refractivity contribution < 1.29 is 42.2 Å². The minimum atomic E-state index is -3.65. The molecule has 1 aliphatic carbocycles. The average molecular weight is 605 g/mol. The lowest BCUT2D eigenvalue weighted by Gasteiger charge is -2.29. The predicted molar refractivity (Wildman–Crippen MR) is 157 cm³/mol. The fourth-order valence-electron chi connectivity index (χ4n) is 4.34. The Morgan fingerprint density at radius 3 is 2.50 bits per heavy atom. The summed E-state index contributed by atoms with van der Waals surface area (Å²) in [5, 5.41) is 13.6. The molecule has 0 aromatic carbocycles. The number of Topliss-reactive ketones (excluding diaryl/α,β-unsaturated/α-hetero) is 1. The summed E-state index contributed by atoms with van der Waals surface area (Å²) in [6.45, 7) is 4.79. The van der Waals surface area contributed by atoms with Gasteiger partial charge in [0.15, 0.2) is 5.78 Å². The highest BCUT2D eigenvalue weighted by Crippen LogP contribution is 2.24. The van der Waals surface area contributed by atoms with E-state index in [1.807, 2.05) is 0 Å². The first-order valence-corrected chi connectivity index (χ1v) is 15.5. The van der Waals surface area contributed by atoms with Gasteiger partial charge in [-0.25, -0.2) is 13.1 Å². The molecule has 0 saturated heterocycles. The number of fused-ring (bicyclic) bond motifs is 2. The molecule has 0 spiro atoms. The number of aliphatic hydroxyl groups excluding tert-OH is 1. The van der Waals surface area contributed by atoms with Gasteiger partial charge in [0.1, 0.15) is 12.1 Å². The minimum absolute atomic E-state index is 0.0775. The number of ketones is 2. The van der Waals surface area contributed by atoms with Crippen molar-refractivity contribution >= 4 is 33.5 Å². The van der Waals surface area contributed by atoms with Gasteiger partial charge in [0.25, 0.3) is 0 Å². The van der Waals surface area contributed by atoms with Crippen LogP contribution in [0.15, 0.2) is 71.5 Å². The molecular weight excluding hydrogens is 564 g/mol. The van der Waals surface area contributed by atoms with Crippen LogP contribution < -0.4 is 10.0 Å². The number of carbonyl (C=O) groups is 4. The van der Waals surface area contributed by atoms with Crippen molar-refractivity contribution in [2.75, 3.05) is 13.4 Å². The van der Waals surface area contributed by atoms with E-state index in [0.717, 1.165) is 12.3 Å². The molecule has 5 unspecified atom stereocenters. The first-order valence-electron chi connectivity index (χ1n) is 13.6. The highest BCUT2D eigenvalue weighted by atomic mass is 32.2. The van der Waals surface area contributed by atoms with Crippen molar-refractivity contribution in [2.24, 2.45) is 5.92 Å². The third-order valence-corrected chi connectivity index (χ3v) is 7.49. The van der Waals surface area contributed by atoms with Gasteiger partial charge in [0.05, 0.1) is 30.6 Å². The summed E-state index contributed by atoms with van der Waals surface area (Å²) in [6.07, 6.45) is 13.5. The molecule has 12 heteroatoms. The highest BCUT2D eigenvalue weighted by molar-refractivity contribution is 7.88. The Morgan fingerprint density at radius 2 is 1.83 bits per heavy atom. The second-order valence-corrected chi connectivity index (χ2v) is 12.1. The van der Waals surface area contributed by atoms with Gasteiger partial charge in [-0.3, -0.25) is 19.2 Å². The molecule has 2 rings (SSSR count). The monoisotopic (exact) mass is 604 g/mol. The predicted octanol–water partition coefficient (Wildman–Crippen LogP) is 2.12. The Kier molecular flexibility index (Phi) is 13.4. The fourth-order valence-corrected chi connectivity index (χ4v) is 5.08. The number of ether oxygens (including phenoxy) is 2. The number of carbonyl (C=O) groups excluding carboxylic acids is 4. The normalized spacial score (nSPS) is 29.4. The van der Waals surface area contributed by atoms with E-state index in [2.05, 4.69) is 10.0 Å². The molecule has 42 heavy (non-hydrogen) atoms. The molecule has 1 amide bonds. The van der Waals surface area contributed by atoms with Crippen molar-refractivity contribution in [3.63, 3.8) is 0 Å². The number of hydrogen-bond acceptors (Lipinski definition) is 9. The number of hydrogen-bond donors (Lipinski definition) is 3. The van der Waals surface area contributed by atoms with Crippen LogP contribution in [0, 0.1) is 5.92 Å². The highest BCUT2D eigenvalue weighted by Gasteiger charge is 2.30. The van der Waals surface area contributed by atoms with E-state index in [1.54, 1.807) is 56.4 Å². The summed E-state index contributed by atoms with van der Waals surface area (Å²) < 4.78 is 36.3. The topological polar surface area (TPSA) is 165 Å². The van der Waals surface area contributed by atoms with E-state index in [9.17, 15) is 32.7 Å². The van der Waals surface area contributed by atoms with E-state index in [0.29, 0.717) is 12.0 Å². The van der Waals surface area contributed by atoms with Crippen LogP contribution in [0.4, 0.5) is 0 Å². The summed E-state index contributed by atoms with van der Waals surface area (Å²) in [5.41, 5.74) is 0.694. The summed E-state index contributed by atoms with van der Waals surface area (Å²) in [6, 6.07) is -1.13. The zero-order valence-electron chi connectivity index (χ0n) is 24.5. The Hall–Kier alpha value is -3.45. The number of esters is 1. The molecule has 5 atom stereocenters. The summed E-state index contributed by atoms with van der Waals surface area (Å²) >= 11 is 0. The van der Waals surface area contributed by atoms with Crippen LogP contribution in [0.1, 0.15) is 46.5 Å². The lowest BCUT2D eigenvalue weighted by Crippen LogP contribution is -2.42. The maximum Gasteiger partial charge on any atom is 0.324 e. The van der Waals surface area contributed by atoms with E-state index in [-0.39, 0.29) is 30.5 Å². The largest absolute Gasteiger partial charge is 0.460 e. The van der Waals surface area contributed by atoms with Crippen LogP contribution in [0.5, 0.6) is 0 Å². The van der Waals surface area contributed by atoms with Crippen molar-refractivity contribution in [3.05, 3.63) is 71.5 Å². The molecule has 3 N–H and O–H groups in total. The maximum atomic E-state index is 12.9. The first-order chi connectivity index (χ1) is 19.7. The van der Waals surface area contributed by atoms with Crippen LogP contribution in [-0.4, -0.2) is 74.7 Å². The second kappa shape index (κ2) is 16.3. The van der Waals surface area contributed by atoms with Crippen molar-refractivity contribution in [2.45, 2.75) is 70.8 Å². The first kappa shape index (κ1) is 34.7. The summed E-state index contributed by atoms with van der Waals surface area (Å²) in [7, 11) is -2.20. The molecule has 1 aliphatic heterocycles. The Labute approximate surface area is 247 Å². The van der Waals surface area contributed by atoms with Crippen LogP contribution in [0.25, 0.3) is 0 Å². The number of allylic oxidation sites excluding steroid dienone is 8. The standard InChI is InChI=1S/C30H40N2O9S/c1-19-12-11-13-22-16-23(33)17-25(29(22)36)31-27(34)18-24(40-4)14-9-7-6-8-10-15-26(20(2)28(19)35)41-30(37)21(3)32-42(5,38)39/h6-10,12,14,16-17,20-21,24,26,28,32,35H,11,13,15,18H2,1-5H3,(H,31,34)/b7-6+,10-8+,14-9+,19-12-. The number of amides is 1. The number of aliphatic hydroxyl groups is 1. The molecular formula is C30H40N2O9S. The van der Waals surface area contributed by atoms with E-state index in [4.69, 9.17) is 9.47 Å². The van der Waals surface area contributed by atoms with E-state index < -0.39 is 63.7 Å². The van der Waals surface area contributed by atoms with Crippen LogP contribution >= 0.6 is 0 Å². The summed E-state index contributed by atoms with van der Waals surface area (Å²) in [5.74, 6) is -2.73. The molecule has 0 radical (unpaired) electrons. The maximum absolute atomic E-state index is 12.9. The zero-order chi connectivity index (χ0) is 31.4.